The molecule has 0 aliphatic carbocycles. The van der Waals surface area contributed by atoms with E-state index in [2.05, 4.69) is 21.3 Å². The second kappa shape index (κ2) is 24.0. The van der Waals surface area contributed by atoms with Gasteiger partial charge in [0, 0.05) is 6.42 Å². The Labute approximate surface area is 265 Å². The molecule has 5 atom stereocenters. The standard InChI is InChI=1S/C29H56N8O8/c1-18(2)17-19(33)25(40)34-20(9-3-6-14-30)26(41)36-22(12-13-24(38)39)28(43)35-21(10-4-7-15-31)27(42)37-23(29(44)45)11-5-8-16-32/h18-23H,3-17,30-33H2,1-2H3,(H,34,40)(H,35,43)(H,36,41)(H,37,42)(H,38,39)(H,44,45)/t19-,20-,21-,22-,23-/m0/s1. The Balaban J connectivity index is 5.95. The Kier molecular flexibility index (Phi) is 22.2. The van der Waals surface area contributed by atoms with Crippen LogP contribution in [-0.2, 0) is 28.8 Å². The minimum Gasteiger partial charge on any atom is -0.481 e. The molecule has 0 radical (unpaired) electrons. The van der Waals surface area contributed by atoms with Gasteiger partial charge in [-0.15, -0.1) is 0 Å². The minimum absolute atomic E-state index is 0.120. The summed E-state index contributed by atoms with van der Waals surface area (Å²) in [7, 11) is 0. The summed E-state index contributed by atoms with van der Waals surface area (Å²) in [5.41, 5.74) is 22.6. The topological polar surface area (TPSA) is 295 Å². The highest BCUT2D eigenvalue weighted by molar-refractivity contribution is 5.95. The summed E-state index contributed by atoms with van der Waals surface area (Å²) in [6.45, 7) is 4.86. The zero-order valence-corrected chi connectivity index (χ0v) is 26.7. The number of nitrogens with two attached hydrogens (primary N) is 4. The number of aliphatic carboxylic acids is 2. The van der Waals surface area contributed by atoms with Crippen LogP contribution in [0.5, 0.6) is 0 Å². The van der Waals surface area contributed by atoms with Crippen molar-refractivity contribution in [2.45, 2.75) is 121 Å². The first-order chi connectivity index (χ1) is 21.3. The summed E-state index contributed by atoms with van der Waals surface area (Å²) in [6.07, 6.45) is 3.10. The van der Waals surface area contributed by atoms with Crippen LogP contribution in [0.4, 0.5) is 0 Å². The molecule has 260 valence electrons. The summed E-state index contributed by atoms with van der Waals surface area (Å²) in [6, 6.07) is -5.70. The molecular weight excluding hydrogens is 588 g/mol. The maximum absolute atomic E-state index is 13.4. The van der Waals surface area contributed by atoms with Gasteiger partial charge in [0.25, 0.3) is 0 Å². The van der Waals surface area contributed by atoms with E-state index in [0.29, 0.717) is 64.6 Å². The summed E-state index contributed by atoms with van der Waals surface area (Å²) in [5.74, 6) is -5.17. The van der Waals surface area contributed by atoms with Gasteiger partial charge in [-0.3, -0.25) is 24.0 Å². The third-order valence-electron chi connectivity index (χ3n) is 7.06. The van der Waals surface area contributed by atoms with Crippen molar-refractivity contribution in [1.29, 1.82) is 0 Å². The number of hydrogen-bond acceptors (Lipinski definition) is 10. The van der Waals surface area contributed by atoms with Crippen LogP contribution in [0.25, 0.3) is 0 Å². The number of carbonyl (C=O) groups excluding carboxylic acids is 4. The Bertz CT molecular complexity index is 936. The van der Waals surface area contributed by atoms with Crippen LogP contribution in [-0.4, -0.2) is 95.6 Å². The molecule has 0 aliphatic heterocycles. The van der Waals surface area contributed by atoms with Gasteiger partial charge < -0.3 is 54.4 Å². The largest absolute Gasteiger partial charge is 0.481 e. The smallest absolute Gasteiger partial charge is 0.326 e. The Morgan fingerprint density at radius 2 is 0.911 bits per heavy atom. The molecule has 0 fully saturated rings. The first kappa shape index (κ1) is 41.7. The van der Waals surface area contributed by atoms with Gasteiger partial charge in [-0.25, -0.2) is 4.79 Å². The molecule has 0 saturated carbocycles. The molecule has 0 aromatic carbocycles. The molecule has 45 heavy (non-hydrogen) atoms. The molecule has 16 nitrogen and oxygen atoms in total. The molecule has 0 heterocycles. The Hall–Kier alpha value is -3.34. The van der Waals surface area contributed by atoms with Crippen molar-refractivity contribution in [3.8, 4) is 0 Å². The number of unbranched alkanes of at least 4 members (excludes halogenated alkanes) is 3. The van der Waals surface area contributed by atoms with E-state index >= 15 is 0 Å². The molecule has 4 amide bonds. The van der Waals surface area contributed by atoms with E-state index in [0.717, 1.165) is 0 Å². The van der Waals surface area contributed by atoms with E-state index in [-0.39, 0.29) is 31.6 Å². The second-order valence-electron chi connectivity index (χ2n) is 11.6. The molecule has 0 aromatic rings. The number of carbonyl (C=O) groups is 6. The fourth-order valence-corrected chi connectivity index (χ4v) is 4.52. The van der Waals surface area contributed by atoms with E-state index in [9.17, 15) is 39.0 Å². The summed E-state index contributed by atoms with van der Waals surface area (Å²) >= 11 is 0. The van der Waals surface area contributed by atoms with Gasteiger partial charge >= 0.3 is 11.9 Å². The van der Waals surface area contributed by atoms with Gasteiger partial charge in [0.05, 0.1) is 6.04 Å². The third kappa shape index (κ3) is 18.9. The van der Waals surface area contributed by atoms with Crippen molar-refractivity contribution < 1.29 is 39.0 Å². The third-order valence-corrected chi connectivity index (χ3v) is 7.06. The molecule has 0 spiro atoms. The predicted octanol–water partition coefficient (Wildman–Crippen LogP) is -1.36. The Morgan fingerprint density at radius 1 is 0.556 bits per heavy atom. The van der Waals surface area contributed by atoms with E-state index in [1.54, 1.807) is 0 Å². The highest BCUT2D eigenvalue weighted by atomic mass is 16.4. The highest BCUT2D eigenvalue weighted by Gasteiger charge is 2.32. The van der Waals surface area contributed by atoms with E-state index < -0.39 is 72.2 Å². The lowest BCUT2D eigenvalue weighted by molar-refractivity contribution is -0.142. The molecule has 0 unspecified atom stereocenters. The summed E-state index contributed by atoms with van der Waals surface area (Å²) in [5, 5.41) is 29.0. The number of amides is 4. The lowest BCUT2D eigenvalue weighted by atomic mass is 10.0. The molecular formula is C29H56N8O8. The molecule has 14 N–H and O–H groups in total. The van der Waals surface area contributed by atoms with Crippen molar-refractivity contribution in [1.82, 2.24) is 21.3 Å². The fourth-order valence-electron chi connectivity index (χ4n) is 4.52. The van der Waals surface area contributed by atoms with Crippen LogP contribution < -0.4 is 44.2 Å². The highest BCUT2D eigenvalue weighted by Crippen LogP contribution is 2.09. The van der Waals surface area contributed by atoms with E-state index in [1.807, 2.05) is 13.8 Å². The monoisotopic (exact) mass is 644 g/mol. The zero-order valence-electron chi connectivity index (χ0n) is 26.7. The van der Waals surface area contributed by atoms with Gasteiger partial charge in [-0.05, 0) is 96.2 Å². The second-order valence-corrected chi connectivity index (χ2v) is 11.6. The average Bonchev–Trinajstić information content (AvgIpc) is 2.96. The number of carboxylic acid groups (broad SMARTS) is 2. The first-order valence-electron chi connectivity index (χ1n) is 15.8. The van der Waals surface area contributed by atoms with E-state index in [4.69, 9.17) is 22.9 Å². The number of nitrogens with one attached hydrogen (secondary N) is 4. The van der Waals surface area contributed by atoms with Gasteiger partial charge in [0.15, 0.2) is 0 Å². The maximum Gasteiger partial charge on any atom is 0.326 e. The lowest BCUT2D eigenvalue weighted by Gasteiger charge is -2.26. The molecule has 0 rings (SSSR count). The SMILES string of the molecule is CC(C)C[C@H](N)C(=O)N[C@@H](CCCCN)C(=O)N[C@@H](CCC(=O)O)C(=O)N[C@@H](CCCCN)C(=O)N[C@@H](CCCCN)C(=O)O. The molecule has 0 aliphatic rings. The van der Waals surface area contributed by atoms with E-state index in [1.165, 1.54) is 0 Å². The van der Waals surface area contributed by atoms with Crippen LogP contribution in [0.15, 0.2) is 0 Å². The molecule has 0 aromatic heterocycles. The van der Waals surface area contributed by atoms with Gasteiger partial charge in [-0.1, -0.05) is 13.8 Å². The van der Waals surface area contributed by atoms with Crippen LogP contribution >= 0.6 is 0 Å². The number of carboxylic acids is 2. The number of hydrogen-bond donors (Lipinski definition) is 10. The van der Waals surface area contributed by atoms with Crippen LogP contribution in [0.1, 0.15) is 90.9 Å². The fraction of sp³-hybridized carbons (Fsp3) is 0.793. The van der Waals surface area contributed by atoms with Crippen molar-refractivity contribution >= 4 is 35.6 Å². The van der Waals surface area contributed by atoms with Crippen LogP contribution in [0, 0.1) is 5.92 Å². The summed E-state index contributed by atoms with van der Waals surface area (Å²) < 4.78 is 0. The van der Waals surface area contributed by atoms with Crippen LogP contribution in [0.2, 0.25) is 0 Å². The van der Waals surface area contributed by atoms with Crippen molar-refractivity contribution in [2.75, 3.05) is 19.6 Å². The minimum atomic E-state index is -1.38. The van der Waals surface area contributed by atoms with Crippen molar-refractivity contribution in [3.63, 3.8) is 0 Å². The van der Waals surface area contributed by atoms with Crippen LogP contribution in [0.3, 0.4) is 0 Å². The van der Waals surface area contributed by atoms with Gasteiger partial charge in [0.2, 0.25) is 23.6 Å². The molecule has 16 heteroatoms. The average molecular weight is 645 g/mol. The Morgan fingerprint density at radius 3 is 1.27 bits per heavy atom. The zero-order chi connectivity index (χ0) is 34.4. The summed E-state index contributed by atoms with van der Waals surface area (Å²) in [4.78, 5) is 75.8. The number of rotatable bonds is 26. The quantitative estimate of drug-likeness (QED) is 0.0488. The normalized spacial score (nSPS) is 14.5. The van der Waals surface area contributed by atoms with Crippen molar-refractivity contribution in [2.24, 2.45) is 28.9 Å². The lowest BCUT2D eigenvalue weighted by Crippen LogP contribution is -2.58. The van der Waals surface area contributed by atoms with Gasteiger partial charge in [0.1, 0.15) is 24.2 Å². The van der Waals surface area contributed by atoms with Crippen molar-refractivity contribution in [3.05, 3.63) is 0 Å². The molecule has 0 saturated heterocycles. The molecule has 0 bridgehead atoms. The van der Waals surface area contributed by atoms with Gasteiger partial charge in [-0.2, -0.15) is 0 Å². The predicted molar refractivity (Wildman–Crippen MR) is 168 cm³/mol. The maximum atomic E-state index is 13.4. The first-order valence-corrected chi connectivity index (χ1v) is 15.8.